The zero-order chi connectivity index (χ0) is 12.1. The number of hydrazine groups is 1. The van der Waals surface area contributed by atoms with Crippen LogP contribution in [0.25, 0.3) is 0 Å². The van der Waals surface area contributed by atoms with Crippen LogP contribution < -0.4 is 11.3 Å². The Kier molecular flexibility index (Phi) is 4.42. The summed E-state index contributed by atoms with van der Waals surface area (Å²) in [7, 11) is 1.79. The number of ether oxygens (including phenoxy) is 2. The Hall–Kier alpha value is -0.580. The van der Waals surface area contributed by atoms with Gasteiger partial charge in [0.1, 0.15) is 11.8 Å². The molecule has 1 heterocycles. The molecule has 1 unspecified atom stereocenters. The molecule has 0 spiro atoms. The highest BCUT2D eigenvalue weighted by molar-refractivity contribution is 5.14. The minimum Gasteiger partial charge on any atom is -0.496 e. The molecule has 1 fully saturated rings. The molecule has 98 valence electrons. The Bertz CT molecular complexity index is 273. The van der Waals surface area contributed by atoms with Gasteiger partial charge in [-0.2, -0.15) is 0 Å². The zero-order valence-electron chi connectivity index (χ0n) is 10.7. The molecule has 17 heavy (non-hydrogen) atoms. The number of hydrogen-bond acceptors (Lipinski definition) is 4. The summed E-state index contributed by atoms with van der Waals surface area (Å²) in [5.41, 5.74) is 2.73. The summed E-state index contributed by atoms with van der Waals surface area (Å²) in [5.74, 6) is 6.72. The second-order valence-corrected chi connectivity index (χ2v) is 5.03. The molecule has 1 aliphatic heterocycles. The average Bonchev–Trinajstić information content (AvgIpc) is 2.42. The van der Waals surface area contributed by atoms with E-state index in [2.05, 4.69) is 11.5 Å². The van der Waals surface area contributed by atoms with Crippen LogP contribution in [-0.4, -0.2) is 25.4 Å². The third-order valence-corrected chi connectivity index (χ3v) is 4.05. The van der Waals surface area contributed by atoms with Crippen LogP contribution in [0, 0.1) is 0 Å². The molecule has 0 radical (unpaired) electrons. The molecule has 0 bridgehead atoms. The number of hydrogen-bond donors (Lipinski definition) is 2. The lowest BCUT2D eigenvalue weighted by atomic mass is 9.78. The number of allylic oxidation sites excluding steroid dienone is 1. The maximum Gasteiger partial charge on any atom is 0.113 e. The number of methoxy groups -OCH3 is 1. The third-order valence-electron chi connectivity index (χ3n) is 4.05. The molecule has 0 saturated heterocycles. The summed E-state index contributed by atoms with van der Waals surface area (Å²) in [5, 5.41) is 0. The molecule has 2 rings (SSSR count). The fourth-order valence-electron chi connectivity index (χ4n) is 3.03. The lowest BCUT2D eigenvalue weighted by molar-refractivity contribution is -0.0713. The van der Waals surface area contributed by atoms with Crippen molar-refractivity contribution in [1.29, 1.82) is 0 Å². The van der Waals surface area contributed by atoms with Gasteiger partial charge >= 0.3 is 0 Å². The van der Waals surface area contributed by atoms with Crippen molar-refractivity contribution in [3.8, 4) is 0 Å². The van der Waals surface area contributed by atoms with Crippen molar-refractivity contribution >= 4 is 0 Å². The van der Waals surface area contributed by atoms with E-state index in [1.807, 2.05) is 0 Å². The predicted molar refractivity (Wildman–Crippen MR) is 67.2 cm³/mol. The Labute approximate surface area is 104 Å². The molecule has 1 atom stereocenters. The Balaban J connectivity index is 2.16. The monoisotopic (exact) mass is 240 g/mol. The Morgan fingerprint density at radius 1 is 1.35 bits per heavy atom. The molecule has 0 amide bonds. The van der Waals surface area contributed by atoms with Gasteiger partial charge in [0.15, 0.2) is 0 Å². The minimum absolute atomic E-state index is 0.00639. The summed E-state index contributed by atoms with van der Waals surface area (Å²) in [6.45, 7) is 0.795. The summed E-state index contributed by atoms with van der Waals surface area (Å²) in [6, 6.07) is -0.00639. The van der Waals surface area contributed by atoms with Crippen LogP contribution in [0.2, 0.25) is 0 Å². The van der Waals surface area contributed by atoms with Crippen molar-refractivity contribution in [1.82, 2.24) is 5.43 Å². The van der Waals surface area contributed by atoms with E-state index < -0.39 is 0 Å². The van der Waals surface area contributed by atoms with Gasteiger partial charge in [-0.15, -0.1) is 0 Å². The van der Waals surface area contributed by atoms with Gasteiger partial charge in [-0.3, -0.25) is 5.84 Å². The summed E-state index contributed by atoms with van der Waals surface area (Å²) < 4.78 is 11.6. The fourth-order valence-corrected chi connectivity index (χ4v) is 3.03. The van der Waals surface area contributed by atoms with E-state index >= 15 is 0 Å². The number of rotatable bonds is 4. The summed E-state index contributed by atoms with van der Waals surface area (Å²) in [4.78, 5) is 0. The van der Waals surface area contributed by atoms with Gasteiger partial charge in [0, 0.05) is 7.11 Å². The highest BCUT2D eigenvalue weighted by Crippen LogP contribution is 2.37. The minimum atomic E-state index is -0.184. The second kappa shape index (κ2) is 5.85. The molecule has 3 N–H and O–H groups in total. The van der Waals surface area contributed by atoms with Crippen molar-refractivity contribution < 1.29 is 9.47 Å². The van der Waals surface area contributed by atoms with Crippen LogP contribution in [0.5, 0.6) is 0 Å². The van der Waals surface area contributed by atoms with Crippen molar-refractivity contribution in [2.45, 2.75) is 56.6 Å². The third kappa shape index (κ3) is 2.64. The molecule has 4 nitrogen and oxygen atoms in total. The van der Waals surface area contributed by atoms with E-state index in [4.69, 9.17) is 15.3 Å². The van der Waals surface area contributed by atoms with Gasteiger partial charge in [-0.25, -0.2) is 5.43 Å². The average molecular weight is 240 g/mol. The molecular formula is C13H24N2O2. The number of nitrogens with one attached hydrogen (secondary N) is 1. The van der Waals surface area contributed by atoms with Crippen molar-refractivity contribution in [2.75, 3.05) is 13.7 Å². The topological polar surface area (TPSA) is 56.5 Å². The molecular weight excluding hydrogens is 216 g/mol. The van der Waals surface area contributed by atoms with E-state index in [0.29, 0.717) is 0 Å². The largest absolute Gasteiger partial charge is 0.496 e. The maximum atomic E-state index is 5.82. The molecule has 1 saturated carbocycles. The van der Waals surface area contributed by atoms with Crippen LogP contribution in [0.1, 0.15) is 44.9 Å². The predicted octanol–water partition coefficient (Wildman–Crippen LogP) is 1.86. The Morgan fingerprint density at radius 3 is 2.65 bits per heavy atom. The van der Waals surface area contributed by atoms with Crippen molar-refractivity contribution in [2.24, 2.45) is 5.84 Å². The molecule has 1 aliphatic carbocycles. The van der Waals surface area contributed by atoms with Gasteiger partial charge in [-0.1, -0.05) is 19.3 Å². The SMILES string of the molecule is COC1(C(NN)C2=CCCCO2)CCCCC1. The van der Waals surface area contributed by atoms with Crippen molar-refractivity contribution in [3.05, 3.63) is 11.8 Å². The number of nitrogens with two attached hydrogens (primary N) is 1. The van der Waals surface area contributed by atoms with E-state index in [0.717, 1.165) is 38.0 Å². The lowest BCUT2D eigenvalue weighted by Crippen LogP contribution is -2.57. The van der Waals surface area contributed by atoms with E-state index in [1.54, 1.807) is 7.11 Å². The van der Waals surface area contributed by atoms with Crippen molar-refractivity contribution in [3.63, 3.8) is 0 Å². The second-order valence-electron chi connectivity index (χ2n) is 5.03. The molecule has 0 aromatic heterocycles. The molecule has 2 aliphatic rings. The standard InChI is InChI=1S/C13H24N2O2/c1-16-13(8-4-2-5-9-13)12(15-14)11-7-3-6-10-17-11/h7,12,15H,2-6,8-10,14H2,1H3. The molecule has 4 heteroatoms. The van der Waals surface area contributed by atoms with E-state index in [1.165, 1.54) is 19.3 Å². The van der Waals surface area contributed by atoms with Crippen LogP contribution in [0.3, 0.4) is 0 Å². The Morgan fingerprint density at radius 2 is 2.12 bits per heavy atom. The summed E-state index contributed by atoms with van der Waals surface area (Å²) in [6.07, 6.45) is 10.1. The highest BCUT2D eigenvalue weighted by atomic mass is 16.5. The zero-order valence-corrected chi connectivity index (χ0v) is 10.7. The van der Waals surface area contributed by atoms with Gasteiger partial charge in [-0.05, 0) is 31.8 Å². The highest BCUT2D eigenvalue weighted by Gasteiger charge is 2.42. The first-order chi connectivity index (χ1) is 8.32. The van der Waals surface area contributed by atoms with E-state index in [9.17, 15) is 0 Å². The quantitative estimate of drug-likeness (QED) is 0.582. The van der Waals surface area contributed by atoms with Gasteiger partial charge < -0.3 is 9.47 Å². The van der Waals surface area contributed by atoms with Crippen LogP contribution in [-0.2, 0) is 9.47 Å². The smallest absolute Gasteiger partial charge is 0.113 e. The van der Waals surface area contributed by atoms with E-state index in [-0.39, 0.29) is 11.6 Å². The van der Waals surface area contributed by atoms with Gasteiger partial charge in [0.25, 0.3) is 0 Å². The normalized spacial score (nSPS) is 25.9. The van der Waals surface area contributed by atoms with Gasteiger partial charge in [0.05, 0.1) is 12.2 Å². The first-order valence-electron chi connectivity index (χ1n) is 6.66. The lowest BCUT2D eigenvalue weighted by Gasteiger charge is -2.43. The molecule has 0 aromatic carbocycles. The first-order valence-corrected chi connectivity index (χ1v) is 6.66. The van der Waals surface area contributed by atoms with Crippen LogP contribution in [0.4, 0.5) is 0 Å². The van der Waals surface area contributed by atoms with Crippen LogP contribution in [0.15, 0.2) is 11.8 Å². The maximum absolute atomic E-state index is 5.82. The van der Waals surface area contributed by atoms with Gasteiger partial charge in [0.2, 0.25) is 0 Å². The first kappa shape index (κ1) is 12.9. The fraction of sp³-hybridized carbons (Fsp3) is 0.846. The molecule has 0 aromatic rings. The summed E-state index contributed by atoms with van der Waals surface area (Å²) >= 11 is 0. The van der Waals surface area contributed by atoms with Crippen LogP contribution >= 0.6 is 0 Å².